The monoisotopic (exact) mass is 438 g/mol. The molecule has 0 amide bonds. The molecule has 1 atom stereocenters. The molecule has 1 aromatic carbocycles. The van der Waals surface area contributed by atoms with Crippen molar-refractivity contribution in [2.24, 2.45) is 0 Å². The standard InChI is InChI=1S/C19H22Cl2N6O2/c1-12-10-26(6-7-29-12)4-5-27-11-23-17-16(27)18(28)25-19(24-17)22-9-13-2-3-14(20)15(21)8-13/h2-3,8,11-12H,4-7,9-10H2,1H3,(H2,22,24,25,28)/i11D,12D. The van der Waals surface area contributed by atoms with Crippen molar-refractivity contribution < 1.29 is 7.48 Å². The van der Waals surface area contributed by atoms with Crippen molar-refractivity contribution in [2.45, 2.75) is 26.1 Å². The molecule has 2 aromatic heterocycles. The number of morpholine rings is 1. The second kappa shape index (κ2) is 8.71. The number of anilines is 1. The SMILES string of the molecule is [2H]c1nc2nc(NCc3ccc(Cl)c(Cl)c3)[nH]c(=O)c2n1CCN1CCOC([2H])(C)C1. The minimum Gasteiger partial charge on any atom is -0.376 e. The maximum absolute atomic E-state index is 12.7. The molecule has 154 valence electrons. The van der Waals surface area contributed by atoms with Gasteiger partial charge in [0.15, 0.2) is 11.2 Å². The normalized spacial score (nSPS) is 21.2. The molecule has 3 aromatic rings. The highest BCUT2D eigenvalue weighted by Crippen LogP contribution is 2.22. The molecule has 1 aliphatic heterocycles. The van der Waals surface area contributed by atoms with Gasteiger partial charge in [0.2, 0.25) is 5.95 Å². The van der Waals surface area contributed by atoms with Gasteiger partial charge in [-0.05, 0) is 24.6 Å². The lowest BCUT2D eigenvalue weighted by atomic mass is 10.2. The summed E-state index contributed by atoms with van der Waals surface area (Å²) in [6.07, 6.45) is -0.982. The van der Waals surface area contributed by atoms with Crippen molar-refractivity contribution in [1.29, 1.82) is 0 Å². The lowest BCUT2D eigenvalue weighted by molar-refractivity contribution is -0.0190. The summed E-state index contributed by atoms with van der Waals surface area (Å²) in [4.78, 5) is 26.0. The number of benzene rings is 1. The molecular weight excluding hydrogens is 415 g/mol. The third-order valence-corrected chi connectivity index (χ3v) is 5.45. The van der Waals surface area contributed by atoms with Crippen molar-refractivity contribution in [2.75, 3.05) is 31.6 Å². The van der Waals surface area contributed by atoms with Gasteiger partial charge in [0.1, 0.15) is 1.37 Å². The quantitative estimate of drug-likeness (QED) is 0.614. The summed E-state index contributed by atoms with van der Waals surface area (Å²) in [6, 6.07) is 5.26. The first-order valence-corrected chi connectivity index (χ1v) is 9.99. The van der Waals surface area contributed by atoms with E-state index >= 15 is 0 Å². The Morgan fingerprint density at radius 3 is 3.07 bits per heavy atom. The lowest BCUT2D eigenvalue weighted by Gasteiger charge is -2.31. The maximum Gasteiger partial charge on any atom is 0.278 e. The summed E-state index contributed by atoms with van der Waals surface area (Å²) in [5.41, 5.74) is 0.959. The van der Waals surface area contributed by atoms with Crippen LogP contribution >= 0.6 is 23.2 Å². The lowest BCUT2D eigenvalue weighted by Crippen LogP contribution is -2.42. The zero-order valence-corrected chi connectivity index (χ0v) is 17.3. The topological polar surface area (TPSA) is 88.1 Å². The van der Waals surface area contributed by atoms with Crippen molar-refractivity contribution in [1.82, 2.24) is 24.4 Å². The van der Waals surface area contributed by atoms with Crippen LogP contribution in [0.1, 0.15) is 15.2 Å². The van der Waals surface area contributed by atoms with Crippen LogP contribution in [0.25, 0.3) is 11.2 Å². The van der Waals surface area contributed by atoms with Gasteiger partial charge in [-0.25, -0.2) is 4.98 Å². The Morgan fingerprint density at radius 1 is 1.41 bits per heavy atom. The summed E-state index contributed by atoms with van der Waals surface area (Å²) in [5, 5.41) is 3.95. The van der Waals surface area contributed by atoms with Crippen LogP contribution in [0.2, 0.25) is 10.0 Å². The van der Waals surface area contributed by atoms with Crippen molar-refractivity contribution in [3.05, 3.63) is 50.5 Å². The van der Waals surface area contributed by atoms with Gasteiger partial charge in [-0.1, -0.05) is 29.3 Å². The van der Waals surface area contributed by atoms with E-state index in [1.165, 1.54) is 0 Å². The van der Waals surface area contributed by atoms with E-state index in [0.29, 0.717) is 49.4 Å². The fourth-order valence-electron chi connectivity index (χ4n) is 3.24. The first-order valence-electron chi connectivity index (χ1n) is 10.2. The third-order valence-electron chi connectivity index (χ3n) is 4.71. The molecule has 1 aliphatic rings. The summed E-state index contributed by atoms with van der Waals surface area (Å²) >= 11 is 12.0. The van der Waals surface area contributed by atoms with Gasteiger partial charge < -0.3 is 14.6 Å². The number of ether oxygens (including phenoxy) is 1. The Hall–Kier alpha value is -2.13. The number of nitrogens with zero attached hydrogens (tertiary/aromatic N) is 4. The molecule has 1 unspecified atom stereocenters. The average Bonchev–Trinajstić information content (AvgIpc) is 3.02. The number of hydrogen-bond donors (Lipinski definition) is 2. The third kappa shape index (κ3) is 4.72. The Kier molecular flexibility index (Phi) is 5.32. The van der Waals surface area contributed by atoms with E-state index in [4.69, 9.17) is 30.7 Å². The molecule has 8 nitrogen and oxygen atoms in total. The molecule has 1 fully saturated rings. The number of fused-ring (bicyclic) bond motifs is 1. The summed E-state index contributed by atoms with van der Waals surface area (Å²) in [6.45, 7) is 4.72. The Labute approximate surface area is 180 Å². The first-order chi connectivity index (χ1) is 14.7. The van der Waals surface area contributed by atoms with Gasteiger partial charge in [0.05, 0.1) is 30.4 Å². The van der Waals surface area contributed by atoms with Crippen molar-refractivity contribution in [3.8, 4) is 0 Å². The number of aromatic nitrogens is 4. The molecule has 4 rings (SSSR count). The molecular formula is C19H22Cl2N6O2. The molecule has 3 heterocycles. The second-order valence-electron chi connectivity index (χ2n) is 6.88. The van der Waals surface area contributed by atoms with E-state index < -0.39 is 6.08 Å². The highest BCUT2D eigenvalue weighted by molar-refractivity contribution is 6.42. The molecule has 0 bridgehead atoms. The molecule has 0 spiro atoms. The van der Waals surface area contributed by atoms with Gasteiger partial charge in [-0.3, -0.25) is 14.7 Å². The zero-order chi connectivity index (χ0) is 22.2. The average molecular weight is 439 g/mol. The Balaban J connectivity index is 1.49. The predicted octanol–water partition coefficient (Wildman–Crippen LogP) is 2.76. The van der Waals surface area contributed by atoms with Gasteiger partial charge in [-0.2, -0.15) is 4.98 Å². The number of halogens is 2. The fourth-order valence-corrected chi connectivity index (χ4v) is 3.56. The van der Waals surface area contributed by atoms with E-state index in [2.05, 4.69) is 25.2 Å². The van der Waals surface area contributed by atoms with Gasteiger partial charge in [0.25, 0.3) is 5.56 Å². The zero-order valence-electron chi connectivity index (χ0n) is 17.8. The van der Waals surface area contributed by atoms with Crippen LogP contribution in [0.3, 0.4) is 0 Å². The minimum absolute atomic E-state index is 0.0310. The maximum atomic E-state index is 12.7. The van der Waals surface area contributed by atoms with Gasteiger partial charge in [-0.15, -0.1) is 0 Å². The largest absolute Gasteiger partial charge is 0.376 e. The molecule has 0 radical (unpaired) electrons. The van der Waals surface area contributed by atoms with Gasteiger partial charge in [0, 0.05) is 32.7 Å². The number of nitrogens with one attached hydrogen (secondary N) is 2. The first kappa shape index (κ1) is 17.7. The molecule has 0 aliphatic carbocycles. The van der Waals surface area contributed by atoms with Crippen LogP contribution in [-0.4, -0.2) is 56.7 Å². The number of H-pyrrole nitrogens is 1. The summed E-state index contributed by atoms with van der Waals surface area (Å²) < 4.78 is 23.2. The van der Waals surface area contributed by atoms with Crippen LogP contribution in [0, 0.1) is 0 Å². The Bertz CT molecular complexity index is 1170. The summed E-state index contributed by atoms with van der Waals surface area (Å²) in [7, 11) is 0. The van der Waals surface area contributed by atoms with E-state index in [-0.39, 0.29) is 29.0 Å². The smallest absolute Gasteiger partial charge is 0.278 e. The second-order valence-corrected chi connectivity index (χ2v) is 7.69. The molecule has 29 heavy (non-hydrogen) atoms. The Morgan fingerprint density at radius 2 is 2.28 bits per heavy atom. The number of imidazole rings is 1. The van der Waals surface area contributed by atoms with Crippen molar-refractivity contribution >= 4 is 40.3 Å². The molecule has 2 N–H and O–H groups in total. The van der Waals surface area contributed by atoms with Crippen molar-refractivity contribution in [3.63, 3.8) is 0 Å². The number of hydrogen-bond acceptors (Lipinski definition) is 6. The van der Waals surface area contributed by atoms with Crippen LogP contribution in [0.5, 0.6) is 0 Å². The number of aromatic amines is 1. The van der Waals surface area contributed by atoms with E-state index in [1.807, 2.05) is 6.07 Å². The van der Waals surface area contributed by atoms with E-state index in [1.54, 1.807) is 23.6 Å². The molecule has 10 heteroatoms. The van der Waals surface area contributed by atoms with Gasteiger partial charge >= 0.3 is 0 Å². The highest BCUT2D eigenvalue weighted by Gasteiger charge is 2.17. The molecule has 0 saturated carbocycles. The van der Waals surface area contributed by atoms with Crippen LogP contribution < -0.4 is 10.9 Å². The predicted molar refractivity (Wildman–Crippen MR) is 114 cm³/mol. The highest BCUT2D eigenvalue weighted by atomic mass is 35.5. The van der Waals surface area contributed by atoms with E-state index in [9.17, 15) is 4.79 Å². The summed E-state index contributed by atoms with van der Waals surface area (Å²) in [5.74, 6) is 0.256. The minimum atomic E-state index is -0.951. The van der Waals surface area contributed by atoms with E-state index in [0.717, 1.165) is 5.56 Å². The fraction of sp³-hybridized carbons (Fsp3) is 0.421. The molecule has 1 saturated heterocycles. The number of rotatable bonds is 6. The van der Waals surface area contributed by atoms with Crippen LogP contribution in [-0.2, 0) is 17.8 Å². The van der Waals surface area contributed by atoms with Crippen LogP contribution in [0.4, 0.5) is 5.95 Å². The van der Waals surface area contributed by atoms with Crippen LogP contribution in [0.15, 0.2) is 29.3 Å².